The van der Waals surface area contributed by atoms with Crippen LogP contribution in [0.15, 0.2) is 105 Å². The standard InChI is InChI=1S/C28H26N3O2P/c1-20-22(3)30-26(21(2)28(33)31(30)27(20)32)19-29-34(23-13-7-4-8-14-23,24-15-9-5-10-16-24)25-17-11-6-12-18-25/h4-18H,19H2,1-3H3. The molecule has 2 heterocycles. The number of aryl methyl sites for hydroxylation is 1. The molecule has 0 saturated heterocycles. The minimum atomic E-state index is -2.41. The molecule has 34 heavy (non-hydrogen) atoms. The van der Waals surface area contributed by atoms with Crippen molar-refractivity contribution in [2.24, 2.45) is 4.74 Å². The first-order valence-electron chi connectivity index (χ1n) is 11.3. The zero-order valence-electron chi connectivity index (χ0n) is 19.5. The third-order valence-electron chi connectivity index (χ3n) is 6.60. The molecule has 0 atom stereocenters. The minimum absolute atomic E-state index is 0.257. The predicted molar refractivity (Wildman–Crippen MR) is 140 cm³/mol. The van der Waals surface area contributed by atoms with Crippen molar-refractivity contribution in [1.82, 2.24) is 9.03 Å². The van der Waals surface area contributed by atoms with Crippen LogP contribution in [-0.2, 0) is 6.54 Å². The molecular weight excluding hydrogens is 441 g/mol. The molecule has 0 radical (unpaired) electrons. The van der Waals surface area contributed by atoms with Gasteiger partial charge in [0.15, 0.2) is 0 Å². The maximum atomic E-state index is 13.0. The van der Waals surface area contributed by atoms with Gasteiger partial charge in [0.1, 0.15) is 0 Å². The van der Waals surface area contributed by atoms with E-state index in [9.17, 15) is 9.59 Å². The highest BCUT2D eigenvalue weighted by Crippen LogP contribution is 2.46. The number of rotatable bonds is 5. The van der Waals surface area contributed by atoms with E-state index in [2.05, 4.69) is 36.4 Å². The zero-order chi connectivity index (χ0) is 23.9. The second-order valence-corrected chi connectivity index (χ2v) is 11.6. The lowest BCUT2D eigenvalue weighted by Gasteiger charge is -2.27. The first-order chi connectivity index (χ1) is 16.5. The Morgan fingerprint density at radius 1 is 0.618 bits per heavy atom. The van der Waals surface area contributed by atoms with Gasteiger partial charge in [-0.1, -0.05) is 91.0 Å². The fourth-order valence-corrected chi connectivity index (χ4v) is 8.18. The molecule has 0 aliphatic rings. The minimum Gasteiger partial charge on any atom is -0.283 e. The average Bonchev–Trinajstić information content (AvgIpc) is 3.27. The molecule has 0 bridgehead atoms. The van der Waals surface area contributed by atoms with Crippen LogP contribution >= 0.6 is 7.05 Å². The lowest BCUT2D eigenvalue weighted by molar-refractivity contribution is 0.747. The predicted octanol–water partition coefficient (Wildman–Crippen LogP) is 3.80. The fraction of sp³-hybridized carbons (Fsp3) is 0.143. The van der Waals surface area contributed by atoms with Crippen LogP contribution < -0.4 is 27.0 Å². The Balaban J connectivity index is 1.86. The molecule has 170 valence electrons. The van der Waals surface area contributed by atoms with Crippen molar-refractivity contribution in [1.29, 1.82) is 0 Å². The Morgan fingerprint density at radius 2 is 1.03 bits per heavy atom. The van der Waals surface area contributed by atoms with Gasteiger partial charge in [0.05, 0.1) is 19.3 Å². The molecular formula is C28H26N3O2P. The molecule has 2 aromatic heterocycles. The van der Waals surface area contributed by atoms with Crippen molar-refractivity contribution < 1.29 is 0 Å². The van der Waals surface area contributed by atoms with Gasteiger partial charge in [0.2, 0.25) is 0 Å². The molecule has 0 aliphatic heterocycles. The van der Waals surface area contributed by atoms with Gasteiger partial charge in [-0.3, -0.25) is 14.3 Å². The molecule has 0 N–H and O–H groups in total. The fourth-order valence-electron chi connectivity index (χ4n) is 4.64. The van der Waals surface area contributed by atoms with E-state index in [0.717, 1.165) is 27.3 Å². The Bertz CT molecular complexity index is 1530. The van der Waals surface area contributed by atoms with E-state index in [1.54, 1.807) is 18.4 Å². The molecule has 0 aliphatic carbocycles. The SMILES string of the molecule is Cc1c(C)n2c(CN=P(c3ccccc3)(c3ccccc3)c3ccccc3)c(C)c(=O)n2c1=O. The van der Waals surface area contributed by atoms with Crippen molar-refractivity contribution in [3.8, 4) is 0 Å². The van der Waals surface area contributed by atoms with Crippen LogP contribution in [0.5, 0.6) is 0 Å². The summed E-state index contributed by atoms with van der Waals surface area (Å²) in [7, 11) is -2.41. The van der Waals surface area contributed by atoms with Crippen LogP contribution in [-0.4, -0.2) is 9.03 Å². The van der Waals surface area contributed by atoms with E-state index in [4.69, 9.17) is 4.74 Å². The second-order valence-electron chi connectivity index (χ2n) is 8.46. The molecule has 5 aromatic rings. The maximum Gasteiger partial charge on any atom is 0.277 e. The number of benzene rings is 3. The number of hydrogen-bond acceptors (Lipinski definition) is 3. The third-order valence-corrected chi connectivity index (χ3v) is 10.3. The van der Waals surface area contributed by atoms with Crippen molar-refractivity contribution in [2.45, 2.75) is 27.3 Å². The number of aromatic nitrogens is 2. The van der Waals surface area contributed by atoms with Gasteiger partial charge in [-0.05, 0) is 20.8 Å². The van der Waals surface area contributed by atoms with Crippen LogP contribution in [0.1, 0.15) is 22.5 Å². The van der Waals surface area contributed by atoms with Crippen LogP contribution in [0.25, 0.3) is 0 Å². The summed E-state index contributed by atoms with van der Waals surface area (Å²) in [5.74, 6) is 0. The van der Waals surface area contributed by atoms with Crippen LogP contribution in [0.2, 0.25) is 0 Å². The van der Waals surface area contributed by atoms with Gasteiger partial charge in [-0.25, -0.2) is 4.52 Å². The first kappa shape index (κ1) is 22.1. The number of fused-ring (bicyclic) bond motifs is 1. The van der Waals surface area contributed by atoms with E-state index in [-0.39, 0.29) is 11.1 Å². The summed E-state index contributed by atoms with van der Waals surface area (Å²) >= 11 is 0. The van der Waals surface area contributed by atoms with Crippen molar-refractivity contribution in [2.75, 3.05) is 0 Å². The number of hydrogen-bond donors (Lipinski definition) is 0. The Kier molecular flexibility index (Phi) is 5.59. The highest BCUT2D eigenvalue weighted by atomic mass is 31.2. The molecule has 5 rings (SSSR count). The Labute approximate surface area is 198 Å². The molecule has 0 spiro atoms. The Hall–Kier alpha value is -3.69. The quantitative estimate of drug-likeness (QED) is 0.369. The molecule has 6 heteroatoms. The molecule has 0 fully saturated rings. The number of nitrogens with zero attached hydrogens (tertiary/aromatic N) is 3. The monoisotopic (exact) mass is 467 g/mol. The van der Waals surface area contributed by atoms with E-state index in [0.29, 0.717) is 17.7 Å². The van der Waals surface area contributed by atoms with E-state index >= 15 is 0 Å². The highest BCUT2D eigenvalue weighted by Gasteiger charge is 2.28. The van der Waals surface area contributed by atoms with Crippen molar-refractivity contribution in [3.05, 3.63) is 134 Å². The molecule has 0 saturated carbocycles. The summed E-state index contributed by atoms with van der Waals surface area (Å²) in [6.45, 7) is 5.75. The first-order valence-corrected chi connectivity index (χ1v) is 13.0. The van der Waals surface area contributed by atoms with Crippen molar-refractivity contribution in [3.63, 3.8) is 0 Å². The van der Waals surface area contributed by atoms with E-state index in [1.807, 2.05) is 61.5 Å². The van der Waals surface area contributed by atoms with Gasteiger partial charge in [-0.15, -0.1) is 0 Å². The Morgan fingerprint density at radius 3 is 1.47 bits per heavy atom. The summed E-state index contributed by atoms with van der Waals surface area (Å²) in [6, 6.07) is 31.2. The summed E-state index contributed by atoms with van der Waals surface area (Å²) in [6.07, 6.45) is 0. The zero-order valence-corrected chi connectivity index (χ0v) is 20.4. The average molecular weight is 468 g/mol. The van der Waals surface area contributed by atoms with Crippen LogP contribution in [0.3, 0.4) is 0 Å². The molecule has 5 nitrogen and oxygen atoms in total. The van der Waals surface area contributed by atoms with Gasteiger partial charge >= 0.3 is 0 Å². The largest absolute Gasteiger partial charge is 0.283 e. The summed E-state index contributed by atoms with van der Waals surface area (Å²) in [4.78, 5) is 25.7. The topological polar surface area (TPSA) is 55.3 Å². The summed E-state index contributed by atoms with van der Waals surface area (Å²) in [5.41, 5.74) is 2.18. The smallest absolute Gasteiger partial charge is 0.277 e. The van der Waals surface area contributed by atoms with E-state index < -0.39 is 7.05 Å². The lowest BCUT2D eigenvalue weighted by atomic mass is 10.2. The van der Waals surface area contributed by atoms with Gasteiger partial charge in [-0.2, -0.15) is 4.52 Å². The summed E-state index contributed by atoms with van der Waals surface area (Å²) < 4.78 is 8.48. The van der Waals surface area contributed by atoms with Gasteiger partial charge in [0.25, 0.3) is 11.1 Å². The molecule has 0 amide bonds. The maximum absolute atomic E-state index is 13.0. The van der Waals surface area contributed by atoms with Gasteiger partial charge < -0.3 is 0 Å². The molecule has 0 unspecified atom stereocenters. The van der Waals surface area contributed by atoms with Crippen molar-refractivity contribution >= 4 is 23.0 Å². The normalized spacial score (nSPS) is 11.7. The summed E-state index contributed by atoms with van der Waals surface area (Å²) in [5, 5.41) is 3.44. The van der Waals surface area contributed by atoms with Crippen LogP contribution in [0, 0.1) is 20.8 Å². The second kappa shape index (κ2) is 8.58. The van der Waals surface area contributed by atoms with E-state index in [1.165, 1.54) is 4.52 Å². The third kappa shape index (κ3) is 3.27. The lowest BCUT2D eigenvalue weighted by Crippen LogP contribution is -2.25. The van der Waals surface area contributed by atoms with Gasteiger partial charge in [0, 0.05) is 32.7 Å². The van der Waals surface area contributed by atoms with Crippen LogP contribution in [0.4, 0.5) is 0 Å². The molecule has 3 aromatic carbocycles. The highest BCUT2D eigenvalue weighted by molar-refractivity contribution is 7.87.